The molecule has 1 rings (SSSR count). The van der Waals surface area contributed by atoms with Crippen LogP contribution < -0.4 is 0 Å². The molecule has 5 heteroatoms. The van der Waals surface area contributed by atoms with Crippen LogP contribution in [0.15, 0.2) is 12.2 Å². The zero-order chi connectivity index (χ0) is 13.5. The van der Waals surface area contributed by atoms with Gasteiger partial charge in [-0.25, -0.2) is 0 Å². The average molecular weight is 254 g/mol. The molecule has 0 unspecified atom stereocenters. The van der Waals surface area contributed by atoms with Gasteiger partial charge in [-0.2, -0.15) is 0 Å². The molecule has 2 atom stereocenters. The Morgan fingerprint density at radius 1 is 1.22 bits per heavy atom. The van der Waals surface area contributed by atoms with E-state index in [2.05, 4.69) is 9.47 Å². The number of hydrogen-bond acceptors (Lipinski definition) is 5. The van der Waals surface area contributed by atoms with Crippen LogP contribution in [0.1, 0.15) is 25.7 Å². The maximum atomic E-state index is 11.7. The highest BCUT2D eigenvalue weighted by molar-refractivity contribution is 5.89. The van der Waals surface area contributed by atoms with Crippen LogP contribution in [0.25, 0.3) is 0 Å². The number of rotatable bonds is 2. The highest BCUT2D eigenvalue weighted by atomic mass is 16.5. The van der Waals surface area contributed by atoms with Gasteiger partial charge in [0, 0.05) is 12.8 Å². The summed E-state index contributed by atoms with van der Waals surface area (Å²) in [5, 5.41) is 0. The molecule has 5 nitrogen and oxygen atoms in total. The third-order valence-electron chi connectivity index (χ3n) is 3.03. The fraction of sp³-hybridized carbons (Fsp3) is 0.615. The molecule has 0 spiro atoms. The summed E-state index contributed by atoms with van der Waals surface area (Å²) in [6, 6.07) is 0. The van der Waals surface area contributed by atoms with E-state index < -0.39 is 23.8 Å². The van der Waals surface area contributed by atoms with E-state index in [9.17, 15) is 14.4 Å². The fourth-order valence-corrected chi connectivity index (χ4v) is 2.03. The van der Waals surface area contributed by atoms with Crippen LogP contribution in [0.5, 0.6) is 0 Å². The molecule has 0 saturated carbocycles. The van der Waals surface area contributed by atoms with E-state index >= 15 is 0 Å². The number of Topliss-reactive ketones (excluding diaryl/α,β-unsaturated/α-hetero) is 1. The van der Waals surface area contributed by atoms with Crippen LogP contribution in [-0.2, 0) is 23.9 Å². The Balaban J connectivity index is 3.00. The number of ether oxygens (including phenoxy) is 2. The lowest BCUT2D eigenvalue weighted by Gasteiger charge is -2.19. The quantitative estimate of drug-likeness (QED) is 0.548. The molecule has 0 aliphatic heterocycles. The molecule has 1 aliphatic carbocycles. The lowest BCUT2D eigenvalue weighted by atomic mass is 9.87. The Morgan fingerprint density at radius 2 is 1.89 bits per heavy atom. The van der Waals surface area contributed by atoms with Crippen LogP contribution >= 0.6 is 0 Å². The van der Waals surface area contributed by atoms with Gasteiger partial charge >= 0.3 is 11.9 Å². The van der Waals surface area contributed by atoms with E-state index in [1.165, 1.54) is 14.2 Å². The van der Waals surface area contributed by atoms with Crippen molar-refractivity contribution in [3.8, 4) is 0 Å². The van der Waals surface area contributed by atoms with Crippen molar-refractivity contribution in [2.75, 3.05) is 14.2 Å². The fourth-order valence-electron chi connectivity index (χ4n) is 2.03. The van der Waals surface area contributed by atoms with Crippen LogP contribution in [0.2, 0.25) is 0 Å². The van der Waals surface area contributed by atoms with Gasteiger partial charge in [-0.1, -0.05) is 12.2 Å². The lowest BCUT2D eigenvalue weighted by molar-refractivity contribution is -0.156. The van der Waals surface area contributed by atoms with Gasteiger partial charge in [-0.3, -0.25) is 14.4 Å². The number of carbonyl (C=O) groups is 3. The maximum Gasteiger partial charge on any atom is 0.313 e. The highest BCUT2D eigenvalue weighted by Crippen LogP contribution is 2.24. The van der Waals surface area contributed by atoms with Crippen LogP contribution in [0.4, 0.5) is 0 Å². The smallest absolute Gasteiger partial charge is 0.313 e. The van der Waals surface area contributed by atoms with E-state index in [1.807, 2.05) is 6.08 Å². The van der Waals surface area contributed by atoms with Gasteiger partial charge in [0.1, 0.15) is 5.78 Å². The SMILES string of the molecule is COC(=O)[C@H]1/C=C/CCCC(=O)C[C@@H]1C(=O)OC. The number of esters is 2. The van der Waals surface area contributed by atoms with Crippen molar-refractivity contribution >= 4 is 17.7 Å². The number of carbonyl (C=O) groups excluding carboxylic acids is 3. The maximum absolute atomic E-state index is 11.7. The van der Waals surface area contributed by atoms with Gasteiger partial charge in [0.15, 0.2) is 0 Å². The van der Waals surface area contributed by atoms with Crippen molar-refractivity contribution in [2.24, 2.45) is 11.8 Å². The van der Waals surface area contributed by atoms with Crippen molar-refractivity contribution in [1.82, 2.24) is 0 Å². The predicted molar refractivity (Wildman–Crippen MR) is 63.6 cm³/mol. The van der Waals surface area contributed by atoms with E-state index in [-0.39, 0.29) is 12.2 Å². The summed E-state index contributed by atoms with van der Waals surface area (Å²) in [4.78, 5) is 35.1. The third-order valence-corrected chi connectivity index (χ3v) is 3.03. The second-order valence-corrected chi connectivity index (χ2v) is 4.24. The Bertz CT molecular complexity index is 358. The van der Waals surface area contributed by atoms with Gasteiger partial charge in [0.2, 0.25) is 0 Å². The van der Waals surface area contributed by atoms with E-state index in [1.54, 1.807) is 6.08 Å². The molecule has 18 heavy (non-hydrogen) atoms. The Hall–Kier alpha value is -1.65. The number of methoxy groups -OCH3 is 2. The molecular weight excluding hydrogens is 236 g/mol. The van der Waals surface area contributed by atoms with E-state index in [0.717, 1.165) is 6.42 Å². The molecule has 0 aromatic heterocycles. The Kier molecular flexibility index (Phi) is 5.55. The molecule has 0 heterocycles. The van der Waals surface area contributed by atoms with Crippen LogP contribution in [-0.4, -0.2) is 31.9 Å². The van der Waals surface area contributed by atoms with Gasteiger partial charge in [0.25, 0.3) is 0 Å². The Labute approximate surface area is 106 Å². The molecule has 100 valence electrons. The summed E-state index contributed by atoms with van der Waals surface area (Å²) >= 11 is 0. The normalized spacial score (nSPS) is 26.4. The minimum atomic E-state index is -0.788. The monoisotopic (exact) mass is 254 g/mol. The van der Waals surface area contributed by atoms with Gasteiger partial charge in [-0.15, -0.1) is 0 Å². The first-order chi connectivity index (χ1) is 8.60. The van der Waals surface area contributed by atoms with Crippen LogP contribution in [0, 0.1) is 11.8 Å². The summed E-state index contributed by atoms with van der Waals surface area (Å²) in [7, 11) is 2.51. The van der Waals surface area contributed by atoms with E-state index in [4.69, 9.17) is 0 Å². The minimum Gasteiger partial charge on any atom is -0.469 e. The molecule has 0 aromatic carbocycles. The largest absolute Gasteiger partial charge is 0.469 e. The molecular formula is C13H18O5. The molecule has 0 fully saturated rings. The van der Waals surface area contributed by atoms with Gasteiger partial charge in [0.05, 0.1) is 26.1 Å². The first-order valence-electron chi connectivity index (χ1n) is 5.94. The topological polar surface area (TPSA) is 69.7 Å². The second-order valence-electron chi connectivity index (χ2n) is 4.24. The van der Waals surface area contributed by atoms with Crippen LogP contribution in [0.3, 0.4) is 0 Å². The summed E-state index contributed by atoms with van der Waals surface area (Å²) in [5.41, 5.74) is 0. The van der Waals surface area contributed by atoms with Gasteiger partial charge in [-0.05, 0) is 12.8 Å². The number of hydrogen-bond donors (Lipinski definition) is 0. The highest BCUT2D eigenvalue weighted by Gasteiger charge is 2.35. The summed E-state index contributed by atoms with van der Waals surface area (Å²) in [5.74, 6) is -2.63. The molecule has 0 N–H and O–H groups in total. The van der Waals surface area contributed by atoms with E-state index in [0.29, 0.717) is 12.8 Å². The van der Waals surface area contributed by atoms with Crippen molar-refractivity contribution in [2.45, 2.75) is 25.7 Å². The molecule has 0 amide bonds. The molecule has 0 aromatic rings. The number of allylic oxidation sites excluding steroid dienone is 1. The minimum absolute atomic E-state index is 0.0246. The first-order valence-corrected chi connectivity index (χ1v) is 5.94. The van der Waals surface area contributed by atoms with Gasteiger partial charge < -0.3 is 9.47 Å². The molecule has 1 aliphatic rings. The predicted octanol–water partition coefficient (Wildman–Crippen LogP) is 1.26. The Morgan fingerprint density at radius 3 is 2.50 bits per heavy atom. The molecule has 0 radical (unpaired) electrons. The zero-order valence-electron chi connectivity index (χ0n) is 10.7. The molecule has 0 saturated heterocycles. The summed E-state index contributed by atoms with van der Waals surface area (Å²) < 4.78 is 9.35. The second kappa shape index (κ2) is 6.93. The lowest BCUT2D eigenvalue weighted by Crippen LogP contribution is -2.32. The summed E-state index contributed by atoms with van der Waals surface area (Å²) in [6.45, 7) is 0. The number of ketones is 1. The van der Waals surface area contributed by atoms with Crippen molar-refractivity contribution in [3.63, 3.8) is 0 Å². The average Bonchev–Trinajstić information content (AvgIpc) is 2.47. The first kappa shape index (κ1) is 14.4. The van der Waals surface area contributed by atoms with Crippen molar-refractivity contribution in [1.29, 1.82) is 0 Å². The zero-order valence-corrected chi connectivity index (χ0v) is 10.7. The summed E-state index contributed by atoms with van der Waals surface area (Å²) in [6.07, 6.45) is 5.36. The molecule has 0 bridgehead atoms. The third kappa shape index (κ3) is 3.68. The van der Waals surface area contributed by atoms with Crippen molar-refractivity contribution < 1.29 is 23.9 Å². The standard InChI is InChI=1S/C13H18O5/c1-17-12(15)10-7-5-3-4-6-9(14)8-11(10)13(16)18-2/h5,7,10-11H,3-4,6,8H2,1-2H3/b7-5+/t10-,11-/m0/s1. The van der Waals surface area contributed by atoms with Crippen molar-refractivity contribution in [3.05, 3.63) is 12.2 Å².